The first-order valence-electron chi connectivity index (χ1n) is 7.33. The smallest absolute Gasteiger partial charge is 0.234 e. The number of fused-ring (bicyclic) bond motifs is 1. The van der Waals surface area contributed by atoms with Gasteiger partial charge in [-0.25, -0.2) is 4.39 Å². The van der Waals surface area contributed by atoms with Crippen LogP contribution in [0.5, 0.6) is 5.75 Å². The van der Waals surface area contributed by atoms with Crippen molar-refractivity contribution < 1.29 is 9.13 Å². The van der Waals surface area contributed by atoms with Crippen LogP contribution in [0.1, 0.15) is 11.4 Å². The molecule has 5 nitrogen and oxygen atoms in total. The molecule has 0 saturated heterocycles. The summed E-state index contributed by atoms with van der Waals surface area (Å²) in [5.41, 5.74) is 1.55. The van der Waals surface area contributed by atoms with Gasteiger partial charge in [-0.3, -0.25) is 0 Å². The number of benzene rings is 2. The van der Waals surface area contributed by atoms with E-state index in [1.54, 1.807) is 29.8 Å². The number of nitrogens with zero attached hydrogens (tertiary/aromatic N) is 4. The van der Waals surface area contributed by atoms with Crippen molar-refractivity contribution in [3.05, 3.63) is 65.7 Å². The third kappa shape index (κ3) is 2.63. The second-order valence-corrected chi connectivity index (χ2v) is 6.18. The van der Waals surface area contributed by atoms with Crippen molar-refractivity contribution in [2.75, 3.05) is 7.11 Å². The number of aromatic nitrogens is 4. The molecule has 0 aliphatic heterocycles. The van der Waals surface area contributed by atoms with E-state index in [9.17, 15) is 4.39 Å². The van der Waals surface area contributed by atoms with Gasteiger partial charge in [0.15, 0.2) is 10.8 Å². The summed E-state index contributed by atoms with van der Waals surface area (Å²) < 4.78 is 20.8. The minimum Gasteiger partial charge on any atom is -0.497 e. The maximum atomic E-state index is 13.9. The van der Waals surface area contributed by atoms with Gasteiger partial charge in [0.05, 0.1) is 7.11 Å². The van der Waals surface area contributed by atoms with Gasteiger partial charge in [-0.15, -0.1) is 10.2 Å². The van der Waals surface area contributed by atoms with E-state index in [2.05, 4.69) is 15.3 Å². The molecule has 24 heavy (non-hydrogen) atoms. The highest BCUT2D eigenvalue weighted by Crippen LogP contribution is 2.27. The van der Waals surface area contributed by atoms with E-state index < -0.39 is 0 Å². The highest BCUT2D eigenvalue weighted by Gasteiger charge is 2.15. The van der Waals surface area contributed by atoms with Crippen LogP contribution in [0.4, 0.5) is 4.39 Å². The molecule has 2 aromatic heterocycles. The Hall–Kier alpha value is -2.80. The number of hydrogen-bond acceptors (Lipinski definition) is 5. The minimum atomic E-state index is -0.292. The Bertz CT molecular complexity index is 993. The van der Waals surface area contributed by atoms with E-state index in [1.165, 1.54) is 17.4 Å². The zero-order valence-corrected chi connectivity index (χ0v) is 13.6. The standard InChI is InChI=1S/C17H13FN4OS/c1-23-12-8-6-11(7-9-12)10-15-19-20-17-22(15)21-16(24-17)13-4-2-3-5-14(13)18/h2-9H,10H2,1H3. The quantitative estimate of drug-likeness (QED) is 0.570. The Kier molecular flexibility index (Phi) is 3.70. The second kappa shape index (κ2) is 6.01. The summed E-state index contributed by atoms with van der Waals surface area (Å²) in [7, 11) is 1.64. The molecule has 0 bridgehead atoms. The third-order valence-electron chi connectivity index (χ3n) is 3.68. The van der Waals surface area contributed by atoms with Crippen LogP contribution in [-0.2, 0) is 6.42 Å². The molecular weight excluding hydrogens is 327 g/mol. The molecule has 0 fully saturated rings. The van der Waals surface area contributed by atoms with E-state index in [0.717, 1.165) is 11.3 Å². The summed E-state index contributed by atoms with van der Waals surface area (Å²) in [4.78, 5) is 0.650. The van der Waals surface area contributed by atoms with Gasteiger partial charge < -0.3 is 4.74 Å². The van der Waals surface area contributed by atoms with Crippen LogP contribution in [0.15, 0.2) is 48.5 Å². The Labute approximate surface area is 141 Å². The van der Waals surface area contributed by atoms with Crippen LogP contribution < -0.4 is 4.74 Å². The molecule has 120 valence electrons. The predicted molar refractivity (Wildman–Crippen MR) is 89.9 cm³/mol. The van der Waals surface area contributed by atoms with E-state index in [4.69, 9.17) is 4.74 Å². The fourth-order valence-corrected chi connectivity index (χ4v) is 3.32. The predicted octanol–water partition coefficient (Wildman–Crippen LogP) is 3.59. The van der Waals surface area contributed by atoms with Gasteiger partial charge in [0.1, 0.15) is 11.6 Å². The molecule has 0 atom stereocenters. The van der Waals surface area contributed by atoms with Crippen LogP contribution in [0.2, 0.25) is 0 Å². The molecule has 2 heterocycles. The van der Waals surface area contributed by atoms with Gasteiger partial charge >= 0.3 is 0 Å². The van der Waals surface area contributed by atoms with Crippen molar-refractivity contribution in [2.24, 2.45) is 0 Å². The summed E-state index contributed by atoms with van der Waals surface area (Å²) in [6, 6.07) is 14.3. The van der Waals surface area contributed by atoms with E-state index in [1.807, 2.05) is 24.3 Å². The summed E-state index contributed by atoms with van der Waals surface area (Å²) in [5.74, 6) is 1.23. The van der Waals surface area contributed by atoms with E-state index in [0.29, 0.717) is 27.8 Å². The number of methoxy groups -OCH3 is 1. The zero-order valence-electron chi connectivity index (χ0n) is 12.8. The van der Waals surface area contributed by atoms with Gasteiger partial charge in [0, 0.05) is 12.0 Å². The van der Waals surface area contributed by atoms with Gasteiger partial charge in [-0.05, 0) is 29.8 Å². The van der Waals surface area contributed by atoms with E-state index in [-0.39, 0.29) is 5.82 Å². The number of hydrogen-bond donors (Lipinski definition) is 0. The average Bonchev–Trinajstić information content (AvgIpc) is 3.18. The lowest BCUT2D eigenvalue weighted by Crippen LogP contribution is -1.98. The molecule has 0 radical (unpaired) electrons. The number of halogens is 1. The fraction of sp³-hybridized carbons (Fsp3) is 0.118. The molecule has 4 aromatic rings. The molecule has 0 unspecified atom stereocenters. The van der Waals surface area contributed by atoms with Gasteiger partial charge in [-0.1, -0.05) is 35.6 Å². The highest BCUT2D eigenvalue weighted by molar-refractivity contribution is 7.19. The maximum absolute atomic E-state index is 13.9. The normalized spacial score (nSPS) is 11.1. The van der Waals surface area contributed by atoms with Crippen molar-refractivity contribution in [3.63, 3.8) is 0 Å². The van der Waals surface area contributed by atoms with Crippen molar-refractivity contribution in [3.8, 4) is 16.3 Å². The van der Waals surface area contributed by atoms with Crippen LogP contribution in [0, 0.1) is 5.82 Å². The maximum Gasteiger partial charge on any atom is 0.234 e. The Morgan fingerprint density at radius 2 is 1.88 bits per heavy atom. The number of rotatable bonds is 4. The minimum absolute atomic E-state index is 0.292. The zero-order chi connectivity index (χ0) is 16.5. The van der Waals surface area contributed by atoms with Crippen molar-refractivity contribution in [2.45, 2.75) is 6.42 Å². The van der Waals surface area contributed by atoms with E-state index >= 15 is 0 Å². The topological polar surface area (TPSA) is 52.3 Å². The lowest BCUT2D eigenvalue weighted by atomic mass is 10.1. The average molecular weight is 340 g/mol. The molecule has 0 aliphatic carbocycles. The molecule has 0 N–H and O–H groups in total. The van der Waals surface area contributed by atoms with Crippen LogP contribution in [0.3, 0.4) is 0 Å². The monoisotopic (exact) mass is 340 g/mol. The Balaban J connectivity index is 1.68. The summed E-state index contributed by atoms with van der Waals surface area (Å²) in [6.07, 6.45) is 0.589. The fourth-order valence-electron chi connectivity index (χ4n) is 2.44. The number of ether oxygens (including phenoxy) is 1. The van der Waals surface area contributed by atoms with Crippen LogP contribution >= 0.6 is 11.3 Å². The SMILES string of the molecule is COc1ccc(Cc2nnc3sc(-c4ccccc4F)nn23)cc1. The molecule has 0 spiro atoms. The van der Waals surface area contributed by atoms with Crippen molar-refractivity contribution >= 4 is 16.3 Å². The first-order chi connectivity index (χ1) is 11.7. The molecule has 2 aromatic carbocycles. The van der Waals surface area contributed by atoms with Crippen molar-refractivity contribution in [1.29, 1.82) is 0 Å². The molecule has 0 amide bonds. The summed E-state index contributed by atoms with van der Waals surface area (Å²) in [5, 5.41) is 13.4. The molecule has 7 heteroatoms. The van der Waals surface area contributed by atoms with Gasteiger partial charge in [-0.2, -0.15) is 9.61 Å². The molecule has 4 rings (SSSR count). The highest BCUT2D eigenvalue weighted by atomic mass is 32.1. The Morgan fingerprint density at radius 1 is 1.08 bits per heavy atom. The Morgan fingerprint density at radius 3 is 2.62 bits per heavy atom. The largest absolute Gasteiger partial charge is 0.497 e. The first-order valence-corrected chi connectivity index (χ1v) is 8.15. The van der Waals surface area contributed by atoms with Crippen molar-refractivity contribution in [1.82, 2.24) is 19.8 Å². The lowest BCUT2D eigenvalue weighted by molar-refractivity contribution is 0.414. The molecule has 0 saturated carbocycles. The lowest BCUT2D eigenvalue weighted by Gasteiger charge is -2.01. The molecule has 0 aliphatic rings. The third-order valence-corrected chi connectivity index (χ3v) is 4.61. The second-order valence-electron chi connectivity index (χ2n) is 5.22. The van der Waals surface area contributed by atoms with Crippen LogP contribution in [-0.4, -0.2) is 26.9 Å². The molecular formula is C17H13FN4OS. The van der Waals surface area contributed by atoms with Gasteiger partial charge in [0.2, 0.25) is 4.96 Å². The van der Waals surface area contributed by atoms with Crippen LogP contribution in [0.25, 0.3) is 15.5 Å². The van der Waals surface area contributed by atoms with Gasteiger partial charge in [0.25, 0.3) is 0 Å². The first kappa shape index (κ1) is 14.8. The summed E-state index contributed by atoms with van der Waals surface area (Å²) in [6.45, 7) is 0. The summed E-state index contributed by atoms with van der Waals surface area (Å²) >= 11 is 1.32.